The van der Waals surface area contributed by atoms with Crippen molar-refractivity contribution in [1.82, 2.24) is 15.4 Å². The molecule has 2 aromatic carbocycles. The van der Waals surface area contributed by atoms with Crippen LogP contribution < -0.4 is 10.1 Å². The molecule has 0 aliphatic heterocycles. The quantitative estimate of drug-likeness (QED) is 0.678. The van der Waals surface area contributed by atoms with Gasteiger partial charge in [0, 0.05) is 23.7 Å². The van der Waals surface area contributed by atoms with Crippen LogP contribution in [0.25, 0.3) is 11.3 Å². The molecule has 0 saturated heterocycles. The zero-order valence-electron chi connectivity index (χ0n) is 16.6. The van der Waals surface area contributed by atoms with Gasteiger partial charge < -0.3 is 19.5 Å². The number of hydrogen-bond acceptors (Lipinski definition) is 5. The molecule has 0 radical (unpaired) electrons. The molecule has 6 heteroatoms. The summed E-state index contributed by atoms with van der Waals surface area (Å²) in [5.74, 6) is 1.08. The number of amides is 1. The maximum absolute atomic E-state index is 12.6. The molecule has 1 amide bonds. The first-order chi connectivity index (χ1) is 13.5. The Balaban J connectivity index is 1.71. The Morgan fingerprint density at radius 2 is 1.89 bits per heavy atom. The van der Waals surface area contributed by atoms with Gasteiger partial charge in [0.15, 0.2) is 11.5 Å². The third-order valence-electron chi connectivity index (χ3n) is 4.66. The van der Waals surface area contributed by atoms with Gasteiger partial charge >= 0.3 is 0 Å². The van der Waals surface area contributed by atoms with Gasteiger partial charge in [-0.2, -0.15) is 0 Å². The fourth-order valence-corrected chi connectivity index (χ4v) is 3.03. The highest BCUT2D eigenvalue weighted by molar-refractivity contribution is 5.93. The molecular formula is C22H25N3O3. The highest BCUT2D eigenvalue weighted by Gasteiger charge is 2.20. The largest absolute Gasteiger partial charge is 0.496 e. The predicted molar refractivity (Wildman–Crippen MR) is 108 cm³/mol. The number of nitrogens with one attached hydrogen (secondary N) is 1. The molecule has 3 aromatic rings. The standard InChI is InChI=1S/C22H25N3O3/c1-15-9-11-16(12-10-15)21-13-18(24-28-21)22(26)23-14-19(25(2)3)17-7-5-6-8-20(17)27-4/h5-13,19H,14H2,1-4H3,(H,23,26). The van der Waals surface area contributed by atoms with Crippen LogP contribution in [-0.2, 0) is 0 Å². The van der Waals surface area contributed by atoms with E-state index in [1.165, 1.54) is 0 Å². The van der Waals surface area contributed by atoms with Crippen LogP contribution in [0.5, 0.6) is 5.75 Å². The number of rotatable bonds is 7. The number of aromatic nitrogens is 1. The van der Waals surface area contributed by atoms with Crippen LogP contribution in [-0.4, -0.2) is 43.7 Å². The average molecular weight is 379 g/mol. The van der Waals surface area contributed by atoms with Crippen molar-refractivity contribution in [3.05, 3.63) is 71.4 Å². The van der Waals surface area contributed by atoms with Crippen molar-refractivity contribution in [3.63, 3.8) is 0 Å². The molecule has 1 heterocycles. The molecule has 1 atom stereocenters. The molecule has 0 aliphatic carbocycles. The lowest BCUT2D eigenvalue weighted by Gasteiger charge is -2.26. The Labute approximate surface area is 165 Å². The molecule has 0 saturated carbocycles. The van der Waals surface area contributed by atoms with Crippen LogP contribution >= 0.6 is 0 Å². The highest BCUT2D eigenvalue weighted by atomic mass is 16.5. The van der Waals surface area contributed by atoms with Crippen LogP contribution in [0.3, 0.4) is 0 Å². The molecular weight excluding hydrogens is 354 g/mol. The number of hydrogen-bond donors (Lipinski definition) is 1. The van der Waals surface area contributed by atoms with Crippen molar-refractivity contribution in [2.45, 2.75) is 13.0 Å². The Morgan fingerprint density at radius 1 is 1.18 bits per heavy atom. The molecule has 1 N–H and O–H groups in total. The minimum atomic E-state index is -0.274. The Kier molecular flexibility index (Phi) is 6.11. The topological polar surface area (TPSA) is 67.6 Å². The lowest BCUT2D eigenvalue weighted by Crippen LogP contribution is -2.34. The SMILES string of the molecule is COc1ccccc1C(CNC(=O)c1cc(-c2ccc(C)cc2)on1)N(C)C. The molecule has 0 aliphatic rings. The first-order valence-corrected chi connectivity index (χ1v) is 9.11. The predicted octanol–water partition coefficient (Wildman–Crippen LogP) is 3.69. The van der Waals surface area contributed by atoms with Gasteiger partial charge in [-0.05, 0) is 27.1 Å². The minimum Gasteiger partial charge on any atom is -0.496 e. The number of carbonyl (C=O) groups excluding carboxylic acids is 1. The van der Waals surface area contributed by atoms with Crippen molar-refractivity contribution in [1.29, 1.82) is 0 Å². The van der Waals surface area contributed by atoms with Crippen molar-refractivity contribution in [2.24, 2.45) is 0 Å². The van der Waals surface area contributed by atoms with E-state index in [2.05, 4.69) is 10.5 Å². The van der Waals surface area contributed by atoms with E-state index in [0.717, 1.165) is 22.4 Å². The molecule has 28 heavy (non-hydrogen) atoms. The van der Waals surface area contributed by atoms with Gasteiger partial charge in [0.1, 0.15) is 5.75 Å². The second-order valence-electron chi connectivity index (χ2n) is 6.87. The normalized spacial score (nSPS) is 12.0. The number of carbonyl (C=O) groups is 1. The third-order valence-corrected chi connectivity index (χ3v) is 4.66. The monoisotopic (exact) mass is 379 g/mol. The van der Waals surface area contributed by atoms with Gasteiger partial charge in [0.2, 0.25) is 0 Å². The first-order valence-electron chi connectivity index (χ1n) is 9.11. The molecule has 1 unspecified atom stereocenters. The maximum Gasteiger partial charge on any atom is 0.273 e. The molecule has 6 nitrogen and oxygen atoms in total. The van der Waals surface area contributed by atoms with Crippen molar-refractivity contribution in [2.75, 3.05) is 27.7 Å². The number of likely N-dealkylation sites (N-methyl/N-ethyl adjacent to an activating group) is 1. The Bertz CT molecular complexity index is 932. The van der Waals surface area contributed by atoms with E-state index >= 15 is 0 Å². The smallest absolute Gasteiger partial charge is 0.273 e. The summed E-state index contributed by atoms with van der Waals surface area (Å²) >= 11 is 0. The summed E-state index contributed by atoms with van der Waals surface area (Å²) in [6.07, 6.45) is 0. The van der Waals surface area contributed by atoms with Gasteiger partial charge in [-0.15, -0.1) is 0 Å². The minimum absolute atomic E-state index is 0.0384. The molecule has 0 fully saturated rings. The number of methoxy groups -OCH3 is 1. The van der Waals surface area contributed by atoms with E-state index in [4.69, 9.17) is 9.26 Å². The van der Waals surface area contributed by atoms with Crippen LogP contribution in [0.15, 0.2) is 59.1 Å². The average Bonchev–Trinajstić information content (AvgIpc) is 3.19. The number of aryl methyl sites for hydroxylation is 1. The summed E-state index contributed by atoms with van der Waals surface area (Å²) in [6.45, 7) is 2.44. The number of nitrogens with zero attached hydrogens (tertiary/aromatic N) is 2. The van der Waals surface area contributed by atoms with Gasteiger partial charge in [-0.1, -0.05) is 53.2 Å². The fraction of sp³-hybridized carbons (Fsp3) is 0.273. The van der Waals surface area contributed by atoms with Crippen LogP contribution in [0.4, 0.5) is 0 Å². The van der Waals surface area contributed by atoms with Gasteiger partial charge in [0.05, 0.1) is 13.2 Å². The summed E-state index contributed by atoms with van der Waals surface area (Å²) in [5.41, 5.74) is 3.31. The molecule has 0 bridgehead atoms. The van der Waals surface area contributed by atoms with Crippen molar-refractivity contribution in [3.8, 4) is 17.1 Å². The van der Waals surface area contributed by atoms with E-state index < -0.39 is 0 Å². The second kappa shape index (κ2) is 8.71. The Hall–Kier alpha value is -3.12. The molecule has 3 rings (SSSR count). The van der Waals surface area contributed by atoms with E-state index in [9.17, 15) is 4.79 Å². The maximum atomic E-state index is 12.6. The van der Waals surface area contributed by atoms with Crippen molar-refractivity contribution < 1.29 is 14.1 Å². The van der Waals surface area contributed by atoms with Crippen LogP contribution in [0, 0.1) is 6.92 Å². The summed E-state index contributed by atoms with van der Waals surface area (Å²) in [6, 6.07) is 17.3. The molecule has 0 spiro atoms. The lowest BCUT2D eigenvalue weighted by atomic mass is 10.0. The van der Waals surface area contributed by atoms with Crippen molar-refractivity contribution >= 4 is 5.91 Å². The fourth-order valence-electron chi connectivity index (χ4n) is 3.03. The summed E-state index contributed by atoms with van der Waals surface area (Å²) in [5, 5.41) is 6.86. The first kappa shape index (κ1) is 19.6. The third kappa shape index (κ3) is 4.40. The van der Waals surface area contributed by atoms with Gasteiger partial charge in [-0.3, -0.25) is 4.79 Å². The van der Waals surface area contributed by atoms with E-state index in [-0.39, 0.29) is 17.6 Å². The summed E-state index contributed by atoms with van der Waals surface area (Å²) in [7, 11) is 5.58. The van der Waals surface area contributed by atoms with Gasteiger partial charge in [-0.25, -0.2) is 0 Å². The number of ether oxygens (including phenoxy) is 1. The molecule has 146 valence electrons. The van der Waals surface area contributed by atoms with Crippen LogP contribution in [0.1, 0.15) is 27.7 Å². The zero-order valence-corrected chi connectivity index (χ0v) is 16.6. The summed E-state index contributed by atoms with van der Waals surface area (Å²) < 4.78 is 10.8. The highest BCUT2D eigenvalue weighted by Crippen LogP contribution is 2.27. The van der Waals surface area contributed by atoms with E-state index in [1.54, 1.807) is 13.2 Å². The number of para-hydroxylation sites is 1. The molecule has 1 aromatic heterocycles. The lowest BCUT2D eigenvalue weighted by molar-refractivity contribution is 0.0932. The van der Waals surface area contributed by atoms with Crippen LogP contribution in [0.2, 0.25) is 0 Å². The van der Waals surface area contributed by atoms with Gasteiger partial charge in [0.25, 0.3) is 5.91 Å². The second-order valence-corrected chi connectivity index (χ2v) is 6.87. The van der Waals surface area contributed by atoms with E-state index in [0.29, 0.717) is 12.3 Å². The van der Waals surface area contributed by atoms with E-state index in [1.807, 2.05) is 74.4 Å². The zero-order chi connectivity index (χ0) is 20.1. The number of benzene rings is 2. The Morgan fingerprint density at radius 3 is 2.57 bits per heavy atom. The summed E-state index contributed by atoms with van der Waals surface area (Å²) in [4.78, 5) is 14.6.